The predicted molar refractivity (Wildman–Crippen MR) is 82.2 cm³/mol. The molecule has 0 aromatic heterocycles. The molecule has 0 saturated carbocycles. The van der Waals surface area contributed by atoms with Crippen molar-refractivity contribution >= 4 is 15.9 Å². The average molecular weight is 310 g/mol. The van der Waals surface area contributed by atoms with Crippen LogP contribution in [0.25, 0.3) is 0 Å². The molecule has 1 saturated heterocycles. The van der Waals surface area contributed by atoms with Gasteiger partial charge in [-0.25, -0.2) is 12.7 Å². The minimum atomic E-state index is -3.21. The molecule has 1 aromatic carbocycles. The van der Waals surface area contributed by atoms with E-state index in [1.807, 2.05) is 31.2 Å². The third-order valence-electron chi connectivity index (χ3n) is 3.94. The van der Waals surface area contributed by atoms with Crippen molar-refractivity contribution in [2.45, 2.75) is 26.3 Å². The Kier molecular flexibility index (Phi) is 5.00. The van der Waals surface area contributed by atoms with Gasteiger partial charge in [-0.15, -0.1) is 0 Å². The molecule has 21 heavy (non-hydrogen) atoms. The number of rotatable bonds is 4. The molecular weight excluding hydrogens is 288 g/mol. The highest BCUT2D eigenvalue weighted by molar-refractivity contribution is 7.88. The van der Waals surface area contributed by atoms with E-state index in [0.29, 0.717) is 19.6 Å². The molecule has 0 bridgehead atoms. The molecule has 1 aliphatic heterocycles. The van der Waals surface area contributed by atoms with Gasteiger partial charge in [0.05, 0.1) is 12.2 Å². The van der Waals surface area contributed by atoms with Gasteiger partial charge < -0.3 is 5.32 Å². The second kappa shape index (κ2) is 6.58. The normalized spacial score (nSPS) is 20.2. The number of nitrogens with zero attached hydrogens (tertiary/aromatic N) is 1. The second-order valence-corrected chi connectivity index (χ2v) is 7.59. The largest absolute Gasteiger partial charge is 0.352 e. The third-order valence-corrected chi connectivity index (χ3v) is 5.21. The van der Waals surface area contributed by atoms with Gasteiger partial charge in [-0.2, -0.15) is 0 Å². The van der Waals surface area contributed by atoms with E-state index in [-0.39, 0.29) is 11.8 Å². The number of carbonyl (C=O) groups excluding carboxylic acids is 1. The zero-order chi connectivity index (χ0) is 15.5. The summed E-state index contributed by atoms with van der Waals surface area (Å²) in [5.41, 5.74) is 2.22. The summed E-state index contributed by atoms with van der Waals surface area (Å²) in [6.45, 7) is 3.30. The van der Waals surface area contributed by atoms with Crippen molar-refractivity contribution in [3.05, 3.63) is 35.4 Å². The quantitative estimate of drug-likeness (QED) is 0.911. The molecule has 116 valence electrons. The fraction of sp³-hybridized carbons (Fsp3) is 0.533. The summed E-state index contributed by atoms with van der Waals surface area (Å²) in [6.07, 6.45) is 2.67. The van der Waals surface area contributed by atoms with E-state index in [0.717, 1.165) is 24.0 Å². The SMILES string of the molecule is Cc1ccccc1CNC(=O)[C@@H]1CCCN(S(C)(=O)=O)C1. The fourth-order valence-corrected chi connectivity index (χ4v) is 3.50. The van der Waals surface area contributed by atoms with Crippen LogP contribution in [0.5, 0.6) is 0 Å². The van der Waals surface area contributed by atoms with Crippen molar-refractivity contribution < 1.29 is 13.2 Å². The number of hydrogen-bond acceptors (Lipinski definition) is 3. The highest BCUT2D eigenvalue weighted by Crippen LogP contribution is 2.19. The summed E-state index contributed by atoms with van der Waals surface area (Å²) >= 11 is 0. The zero-order valence-corrected chi connectivity index (χ0v) is 13.3. The lowest BCUT2D eigenvalue weighted by molar-refractivity contribution is -0.126. The molecule has 1 atom stereocenters. The molecule has 6 heteroatoms. The van der Waals surface area contributed by atoms with E-state index in [1.54, 1.807) is 0 Å². The molecule has 0 unspecified atom stereocenters. The van der Waals surface area contributed by atoms with Gasteiger partial charge in [0.25, 0.3) is 0 Å². The van der Waals surface area contributed by atoms with E-state index >= 15 is 0 Å². The lowest BCUT2D eigenvalue weighted by atomic mass is 9.98. The van der Waals surface area contributed by atoms with Crippen LogP contribution in [-0.4, -0.2) is 38.0 Å². The Balaban J connectivity index is 1.93. The summed E-state index contributed by atoms with van der Waals surface area (Å²) in [5.74, 6) is -0.316. The van der Waals surface area contributed by atoms with Gasteiger partial charge in [-0.1, -0.05) is 24.3 Å². The van der Waals surface area contributed by atoms with Crippen LogP contribution < -0.4 is 5.32 Å². The van der Waals surface area contributed by atoms with Crippen LogP contribution in [0.1, 0.15) is 24.0 Å². The van der Waals surface area contributed by atoms with E-state index in [4.69, 9.17) is 0 Å². The number of carbonyl (C=O) groups is 1. The molecule has 2 rings (SSSR count). The highest BCUT2D eigenvalue weighted by atomic mass is 32.2. The molecule has 0 spiro atoms. The molecule has 1 fully saturated rings. The van der Waals surface area contributed by atoms with Crippen LogP contribution in [0.2, 0.25) is 0 Å². The third kappa shape index (κ3) is 4.28. The molecule has 1 aromatic rings. The van der Waals surface area contributed by atoms with Crippen LogP contribution in [0.15, 0.2) is 24.3 Å². The monoisotopic (exact) mass is 310 g/mol. The highest BCUT2D eigenvalue weighted by Gasteiger charge is 2.29. The summed E-state index contributed by atoms with van der Waals surface area (Å²) < 4.78 is 24.5. The predicted octanol–water partition coefficient (Wildman–Crippen LogP) is 1.28. The maximum absolute atomic E-state index is 12.2. The first-order chi connectivity index (χ1) is 9.88. The van der Waals surface area contributed by atoms with E-state index in [9.17, 15) is 13.2 Å². The summed E-state index contributed by atoms with van der Waals surface area (Å²) in [7, 11) is -3.21. The average Bonchev–Trinajstić information content (AvgIpc) is 2.45. The maximum Gasteiger partial charge on any atom is 0.224 e. The molecule has 1 aliphatic rings. The topological polar surface area (TPSA) is 66.5 Å². The molecule has 1 heterocycles. The number of hydrogen-bond donors (Lipinski definition) is 1. The summed E-state index contributed by atoms with van der Waals surface area (Å²) in [5, 5.41) is 2.92. The van der Waals surface area contributed by atoms with Crippen LogP contribution >= 0.6 is 0 Å². The molecule has 5 nitrogen and oxygen atoms in total. The van der Waals surface area contributed by atoms with Gasteiger partial charge in [0, 0.05) is 19.6 Å². The number of amides is 1. The van der Waals surface area contributed by atoms with Crippen molar-refractivity contribution in [3.8, 4) is 0 Å². The van der Waals surface area contributed by atoms with Gasteiger partial charge in [0.1, 0.15) is 0 Å². The van der Waals surface area contributed by atoms with Crippen molar-refractivity contribution in [1.29, 1.82) is 0 Å². The Labute approximate surface area is 126 Å². The summed E-state index contributed by atoms with van der Waals surface area (Å²) in [6, 6.07) is 7.90. The summed E-state index contributed by atoms with van der Waals surface area (Å²) in [4.78, 5) is 12.2. The van der Waals surface area contributed by atoms with Crippen LogP contribution in [0.3, 0.4) is 0 Å². The van der Waals surface area contributed by atoms with Crippen molar-refractivity contribution in [2.24, 2.45) is 5.92 Å². The fourth-order valence-electron chi connectivity index (χ4n) is 2.59. The first-order valence-electron chi connectivity index (χ1n) is 7.15. The molecule has 0 radical (unpaired) electrons. The van der Waals surface area contributed by atoms with Crippen LogP contribution in [0, 0.1) is 12.8 Å². The van der Waals surface area contributed by atoms with Crippen LogP contribution in [-0.2, 0) is 21.4 Å². The Morgan fingerprint density at radius 1 is 1.38 bits per heavy atom. The van der Waals surface area contributed by atoms with E-state index < -0.39 is 10.0 Å². The number of sulfonamides is 1. The van der Waals surface area contributed by atoms with Gasteiger partial charge in [0.15, 0.2) is 0 Å². The minimum Gasteiger partial charge on any atom is -0.352 e. The number of benzene rings is 1. The molecule has 1 amide bonds. The van der Waals surface area contributed by atoms with Gasteiger partial charge >= 0.3 is 0 Å². The standard InChI is InChI=1S/C15H22N2O3S/c1-12-6-3-4-7-13(12)10-16-15(18)14-8-5-9-17(11-14)21(2,19)20/h3-4,6-7,14H,5,8-11H2,1-2H3,(H,16,18)/t14-/m1/s1. The Bertz CT molecular complexity index is 613. The van der Waals surface area contributed by atoms with Crippen molar-refractivity contribution in [2.75, 3.05) is 19.3 Å². The first-order valence-corrected chi connectivity index (χ1v) is 9.00. The van der Waals surface area contributed by atoms with Crippen LogP contribution in [0.4, 0.5) is 0 Å². The smallest absolute Gasteiger partial charge is 0.224 e. The van der Waals surface area contributed by atoms with Crippen molar-refractivity contribution in [3.63, 3.8) is 0 Å². The van der Waals surface area contributed by atoms with E-state index in [2.05, 4.69) is 5.32 Å². The lowest BCUT2D eigenvalue weighted by Gasteiger charge is -2.30. The molecule has 1 N–H and O–H groups in total. The lowest BCUT2D eigenvalue weighted by Crippen LogP contribution is -2.44. The number of aryl methyl sites for hydroxylation is 1. The maximum atomic E-state index is 12.2. The Morgan fingerprint density at radius 2 is 2.10 bits per heavy atom. The molecule has 0 aliphatic carbocycles. The van der Waals surface area contributed by atoms with Gasteiger partial charge in [-0.05, 0) is 30.9 Å². The Morgan fingerprint density at radius 3 is 2.76 bits per heavy atom. The Hall–Kier alpha value is -1.40. The minimum absolute atomic E-state index is 0.0633. The first kappa shape index (κ1) is 16.0. The number of nitrogens with one attached hydrogen (secondary N) is 1. The second-order valence-electron chi connectivity index (χ2n) is 5.60. The van der Waals surface area contributed by atoms with Crippen molar-refractivity contribution in [1.82, 2.24) is 9.62 Å². The van der Waals surface area contributed by atoms with Gasteiger partial charge in [-0.3, -0.25) is 4.79 Å². The van der Waals surface area contributed by atoms with Gasteiger partial charge in [0.2, 0.25) is 15.9 Å². The van der Waals surface area contributed by atoms with E-state index in [1.165, 1.54) is 10.6 Å². The zero-order valence-electron chi connectivity index (χ0n) is 12.5. The molecular formula is C15H22N2O3S. The number of piperidine rings is 1.